The van der Waals surface area contributed by atoms with Gasteiger partial charge in [0.05, 0.1) is 19.3 Å². The average Bonchev–Trinajstić information content (AvgIpc) is 2.39. The Morgan fingerprint density at radius 1 is 1.10 bits per heavy atom. The van der Waals surface area contributed by atoms with Gasteiger partial charge in [-0.05, 0) is 12.8 Å². The van der Waals surface area contributed by atoms with E-state index in [1.165, 1.54) is 0 Å². The minimum absolute atomic E-state index is 0.0612. The molecule has 0 aromatic heterocycles. The van der Waals surface area contributed by atoms with E-state index in [1.54, 1.807) is 20.8 Å². The first-order valence-electron chi connectivity index (χ1n) is 7.03. The van der Waals surface area contributed by atoms with Gasteiger partial charge in [-0.3, -0.25) is 0 Å². The molecular weight excluding hydrogens is 284 g/mol. The van der Waals surface area contributed by atoms with Gasteiger partial charge >= 0.3 is 0 Å². The summed E-state index contributed by atoms with van der Waals surface area (Å²) >= 11 is 0. The van der Waals surface area contributed by atoms with Crippen LogP contribution in [0.5, 0.6) is 0 Å². The number of aliphatic hydroxyl groups is 5. The summed E-state index contributed by atoms with van der Waals surface area (Å²) in [6.45, 7) is 5.17. The number of rotatable bonds is 7. The summed E-state index contributed by atoms with van der Waals surface area (Å²) in [7, 11) is 0. The largest absolute Gasteiger partial charge is 0.388 e. The second kappa shape index (κ2) is 8.35. The van der Waals surface area contributed by atoms with Crippen LogP contribution in [0.25, 0.3) is 0 Å². The van der Waals surface area contributed by atoms with Gasteiger partial charge in [-0.15, -0.1) is 0 Å². The van der Waals surface area contributed by atoms with Crippen molar-refractivity contribution in [2.75, 3.05) is 13.2 Å². The van der Waals surface area contributed by atoms with Crippen molar-refractivity contribution in [3.05, 3.63) is 0 Å². The van der Waals surface area contributed by atoms with E-state index in [2.05, 4.69) is 0 Å². The van der Waals surface area contributed by atoms with Gasteiger partial charge in [-0.1, -0.05) is 13.8 Å². The molecule has 5 N–H and O–H groups in total. The quantitative estimate of drug-likeness (QED) is 0.348. The number of hydrogen-bond acceptors (Lipinski definition) is 8. The number of ether oxygens (including phenoxy) is 3. The molecule has 8 heteroatoms. The lowest BCUT2D eigenvalue weighted by Crippen LogP contribution is -2.54. The number of aliphatic hydroxyl groups excluding tert-OH is 4. The summed E-state index contributed by atoms with van der Waals surface area (Å²) < 4.78 is 15.9. The molecule has 126 valence electrons. The van der Waals surface area contributed by atoms with Crippen LogP contribution >= 0.6 is 0 Å². The van der Waals surface area contributed by atoms with Gasteiger partial charge in [-0.25, -0.2) is 0 Å². The van der Waals surface area contributed by atoms with E-state index in [1.807, 2.05) is 0 Å². The van der Waals surface area contributed by atoms with Gasteiger partial charge < -0.3 is 39.7 Å². The molecule has 1 saturated heterocycles. The lowest BCUT2D eigenvalue weighted by Gasteiger charge is -2.36. The van der Waals surface area contributed by atoms with Gasteiger partial charge in [0, 0.05) is 0 Å². The van der Waals surface area contributed by atoms with E-state index in [0.717, 1.165) is 0 Å². The molecule has 0 aliphatic carbocycles. The van der Waals surface area contributed by atoms with Crippen molar-refractivity contribution in [2.24, 2.45) is 5.92 Å². The molecule has 21 heavy (non-hydrogen) atoms. The van der Waals surface area contributed by atoms with Crippen LogP contribution in [0.4, 0.5) is 0 Å². The van der Waals surface area contributed by atoms with Gasteiger partial charge in [0.2, 0.25) is 0 Å². The van der Waals surface area contributed by atoms with Crippen molar-refractivity contribution in [1.82, 2.24) is 0 Å². The molecule has 6 atom stereocenters. The van der Waals surface area contributed by atoms with Crippen LogP contribution in [0.3, 0.4) is 0 Å². The highest BCUT2D eigenvalue weighted by Gasteiger charge is 2.39. The Bertz CT molecular complexity index is 290. The van der Waals surface area contributed by atoms with E-state index >= 15 is 0 Å². The van der Waals surface area contributed by atoms with Crippen molar-refractivity contribution < 1.29 is 39.7 Å². The molecule has 5 unspecified atom stereocenters. The smallest absolute Gasteiger partial charge is 0.186 e. The second-order valence-corrected chi connectivity index (χ2v) is 5.65. The topological polar surface area (TPSA) is 129 Å². The fourth-order valence-corrected chi connectivity index (χ4v) is 2.04. The highest BCUT2D eigenvalue weighted by atomic mass is 16.7. The van der Waals surface area contributed by atoms with Gasteiger partial charge in [0.15, 0.2) is 12.6 Å². The average molecular weight is 310 g/mol. The molecule has 1 fully saturated rings. The van der Waals surface area contributed by atoms with E-state index in [-0.39, 0.29) is 19.1 Å². The van der Waals surface area contributed by atoms with Crippen molar-refractivity contribution >= 4 is 0 Å². The van der Waals surface area contributed by atoms with Crippen LogP contribution in [0.1, 0.15) is 20.8 Å². The molecule has 0 radical (unpaired) electrons. The third-order valence-corrected chi connectivity index (χ3v) is 3.29. The predicted molar refractivity (Wildman–Crippen MR) is 71.1 cm³/mol. The van der Waals surface area contributed by atoms with Crippen LogP contribution in [0.2, 0.25) is 0 Å². The maximum absolute atomic E-state index is 9.73. The van der Waals surface area contributed by atoms with Crippen LogP contribution in [0.15, 0.2) is 0 Å². The molecule has 0 aromatic carbocycles. The third-order valence-electron chi connectivity index (χ3n) is 3.29. The molecule has 8 nitrogen and oxygen atoms in total. The lowest BCUT2D eigenvalue weighted by molar-refractivity contribution is -0.286. The maximum Gasteiger partial charge on any atom is 0.186 e. The first kappa shape index (κ1) is 18.7. The van der Waals surface area contributed by atoms with Crippen molar-refractivity contribution in [3.63, 3.8) is 0 Å². The third kappa shape index (κ3) is 5.42. The van der Waals surface area contributed by atoms with Crippen LogP contribution in [0, 0.1) is 5.92 Å². The molecule has 1 aliphatic heterocycles. The molecule has 1 aliphatic rings. The Balaban J connectivity index is 2.41. The molecule has 0 bridgehead atoms. The van der Waals surface area contributed by atoms with Gasteiger partial charge in [-0.2, -0.15) is 0 Å². The Hall–Kier alpha value is -0.320. The van der Waals surface area contributed by atoms with Crippen LogP contribution in [-0.2, 0) is 14.2 Å². The standard InChI is InChI=1S/C13H26O8/c1-6(2)11(12(17)18)19-4-7(3)21-13-10(16)9(15)8(14)5-20-13/h6-18H,4-5H2,1-3H3/t7-,8?,9?,10?,11?,13?/m0/s1. The monoisotopic (exact) mass is 310 g/mol. The number of hydrogen-bond donors (Lipinski definition) is 5. The lowest BCUT2D eigenvalue weighted by atomic mass is 10.1. The van der Waals surface area contributed by atoms with Crippen LogP contribution < -0.4 is 0 Å². The molecular formula is C13H26O8. The summed E-state index contributed by atoms with van der Waals surface area (Å²) in [5.74, 6) is -0.0920. The fourth-order valence-electron chi connectivity index (χ4n) is 2.04. The zero-order valence-electron chi connectivity index (χ0n) is 12.5. The van der Waals surface area contributed by atoms with Crippen molar-refractivity contribution in [2.45, 2.75) is 63.9 Å². The zero-order valence-corrected chi connectivity index (χ0v) is 12.5. The molecule has 0 amide bonds. The highest BCUT2D eigenvalue weighted by molar-refractivity contribution is 4.82. The first-order chi connectivity index (χ1) is 9.73. The SMILES string of the molecule is CC(C)C(OC[C@H](C)OC1OCC(O)C(O)C1O)C(O)O. The summed E-state index contributed by atoms with van der Waals surface area (Å²) in [6, 6.07) is 0. The summed E-state index contributed by atoms with van der Waals surface area (Å²) in [4.78, 5) is 0. The first-order valence-corrected chi connectivity index (χ1v) is 7.03. The molecule has 0 spiro atoms. The minimum atomic E-state index is -1.59. The Morgan fingerprint density at radius 3 is 2.24 bits per heavy atom. The fraction of sp³-hybridized carbons (Fsp3) is 1.00. The van der Waals surface area contributed by atoms with Gasteiger partial charge in [0.1, 0.15) is 24.4 Å². The van der Waals surface area contributed by atoms with E-state index in [0.29, 0.717) is 0 Å². The predicted octanol–water partition coefficient (Wildman–Crippen LogP) is -1.82. The minimum Gasteiger partial charge on any atom is -0.388 e. The van der Waals surface area contributed by atoms with E-state index in [9.17, 15) is 25.5 Å². The van der Waals surface area contributed by atoms with E-state index < -0.39 is 43.1 Å². The Labute approximate surface area is 123 Å². The molecule has 0 aromatic rings. The molecule has 1 rings (SSSR count). The maximum atomic E-state index is 9.73. The van der Waals surface area contributed by atoms with E-state index in [4.69, 9.17) is 14.2 Å². The summed E-state index contributed by atoms with van der Waals surface area (Å²) in [5, 5.41) is 47.0. The summed E-state index contributed by atoms with van der Waals surface area (Å²) in [5.41, 5.74) is 0. The highest BCUT2D eigenvalue weighted by Crippen LogP contribution is 2.18. The second-order valence-electron chi connectivity index (χ2n) is 5.65. The van der Waals surface area contributed by atoms with Crippen molar-refractivity contribution in [3.8, 4) is 0 Å². The van der Waals surface area contributed by atoms with Gasteiger partial charge in [0.25, 0.3) is 0 Å². The summed E-state index contributed by atoms with van der Waals surface area (Å²) in [6.07, 6.45) is -7.77. The molecule has 1 heterocycles. The Morgan fingerprint density at radius 2 is 1.71 bits per heavy atom. The Kier molecular flexibility index (Phi) is 7.45. The zero-order chi connectivity index (χ0) is 16.2. The van der Waals surface area contributed by atoms with Crippen molar-refractivity contribution in [1.29, 1.82) is 0 Å². The molecule has 0 saturated carbocycles. The van der Waals surface area contributed by atoms with Crippen LogP contribution in [-0.4, -0.2) is 81.8 Å². The normalized spacial score (nSPS) is 33.4.